The van der Waals surface area contributed by atoms with E-state index in [0.717, 1.165) is 23.4 Å². The van der Waals surface area contributed by atoms with Crippen molar-refractivity contribution >= 4 is 6.29 Å². The number of benzene rings is 2. The molecule has 1 aliphatic heterocycles. The van der Waals surface area contributed by atoms with Crippen LogP contribution in [0, 0.1) is 11.6 Å². The summed E-state index contributed by atoms with van der Waals surface area (Å²) in [4.78, 5) is 10.5. The van der Waals surface area contributed by atoms with Gasteiger partial charge in [0.1, 0.15) is 12.0 Å². The van der Waals surface area contributed by atoms with Gasteiger partial charge in [-0.2, -0.15) is 0 Å². The van der Waals surface area contributed by atoms with Crippen LogP contribution >= 0.6 is 0 Å². The summed E-state index contributed by atoms with van der Waals surface area (Å²) in [5.74, 6) is -1.55. The summed E-state index contributed by atoms with van der Waals surface area (Å²) in [5, 5.41) is 0. The smallest absolute Gasteiger partial charge is 0.190 e. The predicted molar refractivity (Wildman–Crippen MR) is 71.9 cm³/mol. The van der Waals surface area contributed by atoms with Gasteiger partial charge >= 0.3 is 0 Å². The average molecular weight is 290 g/mol. The van der Waals surface area contributed by atoms with Crippen molar-refractivity contribution in [3.05, 3.63) is 59.2 Å². The van der Waals surface area contributed by atoms with E-state index in [4.69, 9.17) is 9.47 Å². The van der Waals surface area contributed by atoms with Gasteiger partial charge in [-0.1, -0.05) is 18.2 Å². The van der Waals surface area contributed by atoms with Crippen molar-refractivity contribution < 1.29 is 23.0 Å². The topological polar surface area (TPSA) is 35.5 Å². The van der Waals surface area contributed by atoms with E-state index in [9.17, 15) is 13.6 Å². The van der Waals surface area contributed by atoms with Crippen LogP contribution in [0.15, 0.2) is 36.4 Å². The highest BCUT2D eigenvalue weighted by molar-refractivity contribution is 5.75. The molecule has 0 amide bonds. The first-order valence-corrected chi connectivity index (χ1v) is 6.48. The number of fused-ring (bicyclic) bond motifs is 1. The molecule has 0 N–H and O–H groups in total. The Labute approximate surface area is 120 Å². The minimum atomic E-state index is -0.885. The van der Waals surface area contributed by atoms with Crippen LogP contribution in [-0.4, -0.2) is 19.5 Å². The molecule has 1 aliphatic rings. The number of aldehydes is 1. The van der Waals surface area contributed by atoms with Crippen molar-refractivity contribution in [3.63, 3.8) is 0 Å². The van der Waals surface area contributed by atoms with Crippen molar-refractivity contribution in [1.82, 2.24) is 0 Å². The second-order valence-corrected chi connectivity index (χ2v) is 4.79. The Bertz CT molecular complexity index is 662. The van der Waals surface area contributed by atoms with E-state index in [0.29, 0.717) is 12.9 Å². The first-order chi connectivity index (χ1) is 10.2. The largest absolute Gasteiger partial charge is 0.493 e. The van der Waals surface area contributed by atoms with Crippen molar-refractivity contribution in [3.8, 4) is 11.5 Å². The van der Waals surface area contributed by atoms with Gasteiger partial charge in [0.05, 0.1) is 19.1 Å². The van der Waals surface area contributed by atoms with Gasteiger partial charge < -0.3 is 9.47 Å². The average Bonchev–Trinajstić information content (AvgIpc) is 2.89. The first kappa shape index (κ1) is 13.5. The van der Waals surface area contributed by atoms with Crippen LogP contribution < -0.4 is 9.47 Å². The third kappa shape index (κ3) is 2.59. The highest BCUT2D eigenvalue weighted by Crippen LogP contribution is 2.34. The fourth-order valence-electron chi connectivity index (χ4n) is 2.34. The van der Waals surface area contributed by atoms with Crippen LogP contribution in [0.4, 0.5) is 8.78 Å². The van der Waals surface area contributed by atoms with E-state index >= 15 is 0 Å². The Hall–Kier alpha value is -2.43. The molecule has 3 nitrogen and oxygen atoms in total. The molecule has 0 radical (unpaired) electrons. The number of para-hydroxylation sites is 1. The van der Waals surface area contributed by atoms with E-state index in [1.54, 1.807) is 0 Å². The van der Waals surface area contributed by atoms with E-state index in [1.165, 1.54) is 0 Å². The lowest BCUT2D eigenvalue weighted by Crippen LogP contribution is -2.13. The standard InChI is InChI=1S/C16H12F2O3/c17-13-5-10(7-19)6-14(18)16(13)21-9-11-8-20-15-4-2-1-3-12(11)15/h1-7,11H,8-9H2. The van der Waals surface area contributed by atoms with E-state index in [2.05, 4.69) is 0 Å². The third-order valence-corrected chi connectivity index (χ3v) is 3.38. The molecule has 1 atom stereocenters. The van der Waals surface area contributed by atoms with E-state index in [-0.39, 0.29) is 18.1 Å². The number of rotatable bonds is 4. The highest BCUT2D eigenvalue weighted by Gasteiger charge is 2.25. The summed E-state index contributed by atoms with van der Waals surface area (Å²) < 4.78 is 38.2. The Kier molecular flexibility index (Phi) is 3.56. The SMILES string of the molecule is O=Cc1cc(F)c(OCC2COc3ccccc32)c(F)c1. The molecule has 5 heteroatoms. The van der Waals surface area contributed by atoms with Crippen molar-refractivity contribution in [2.75, 3.05) is 13.2 Å². The molecule has 0 saturated carbocycles. The molecule has 3 rings (SSSR count). The summed E-state index contributed by atoms with van der Waals surface area (Å²) in [6.45, 7) is 0.514. The van der Waals surface area contributed by atoms with Crippen molar-refractivity contribution in [1.29, 1.82) is 0 Å². The molecule has 0 fully saturated rings. The summed E-state index contributed by atoms with van der Waals surface area (Å²) >= 11 is 0. The lowest BCUT2D eigenvalue weighted by molar-refractivity contribution is 0.112. The maximum atomic E-state index is 13.7. The van der Waals surface area contributed by atoms with E-state index < -0.39 is 17.4 Å². The zero-order chi connectivity index (χ0) is 14.8. The van der Waals surface area contributed by atoms with Crippen molar-refractivity contribution in [2.24, 2.45) is 0 Å². The Balaban J connectivity index is 1.76. The van der Waals surface area contributed by atoms with Gasteiger partial charge in [0.25, 0.3) is 0 Å². The Morgan fingerprint density at radius 2 is 1.95 bits per heavy atom. The fraction of sp³-hybridized carbons (Fsp3) is 0.188. The molecule has 0 bridgehead atoms. The maximum Gasteiger partial charge on any atom is 0.190 e. The molecular weight excluding hydrogens is 278 g/mol. The molecule has 21 heavy (non-hydrogen) atoms. The Morgan fingerprint density at radius 1 is 1.24 bits per heavy atom. The lowest BCUT2D eigenvalue weighted by atomic mass is 10.0. The molecule has 0 spiro atoms. The fourth-order valence-corrected chi connectivity index (χ4v) is 2.34. The number of halogens is 2. The maximum absolute atomic E-state index is 13.7. The van der Waals surface area contributed by atoms with Crippen LogP contribution in [0.3, 0.4) is 0 Å². The highest BCUT2D eigenvalue weighted by atomic mass is 19.1. The summed E-state index contributed by atoms with van der Waals surface area (Å²) in [6, 6.07) is 9.38. The molecule has 0 aliphatic carbocycles. The van der Waals surface area contributed by atoms with Gasteiger partial charge in [0.2, 0.25) is 0 Å². The quantitative estimate of drug-likeness (QED) is 0.810. The second-order valence-electron chi connectivity index (χ2n) is 4.79. The molecular formula is C16H12F2O3. The molecule has 1 unspecified atom stereocenters. The lowest BCUT2D eigenvalue weighted by Gasteiger charge is -2.12. The first-order valence-electron chi connectivity index (χ1n) is 6.48. The Morgan fingerprint density at radius 3 is 2.67 bits per heavy atom. The van der Waals surface area contributed by atoms with Crippen molar-refractivity contribution in [2.45, 2.75) is 5.92 Å². The molecule has 2 aromatic carbocycles. The summed E-state index contributed by atoms with van der Waals surface area (Å²) in [6.07, 6.45) is 0.386. The number of carbonyl (C=O) groups is 1. The molecule has 1 heterocycles. The number of hydrogen-bond acceptors (Lipinski definition) is 3. The molecule has 2 aromatic rings. The minimum absolute atomic E-state index is 0.0631. The predicted octanol–water partition coefficient (Wildman–Crippen LogP) is 3.33. The van der Waals surface area contributed by atoms with Gasteiger partial charge in [-0.15, -0.1) is 0 Å². The van der Waals surface area contributed by atoms with Gasteiger partial charge in [0.15, 0.2) is 17.4 Å². The third-order valence-electron chi connectivity index (χ3n) is 3.38. The zero-order valence-electron chi connectivity index (χ0n) is 11.0. The van der Waals surface area contributed by atoms with Gasteiger partial charge in [-0.3, -0.25) is 4.79 Å². The molecule has 108 valence electrons. The normalized spacial score (nSPS) is 16.2. The second kappa shape index (κ2) is 5.52. The minimum Gasteiger partial charge on any atom is -0.493 e. The number of carbonyl (C=O) groups excluding carboxylic acids is 1. The monoisotopic (exact) mass is 290 g/mol. The van der Waals surface area contributed by atoms with Crippen LogP contribution in [0.1, 0.15) is 21.8 Å². The number of hydrogen-bond donors (Lipinski definition) is 0. The van der Waals surface area contributed by atoms with Crippen LogP contribution in [0.25, 0.3) is 0 Å². The summed E-state index contributed by atoms with van der Waals surface area (Å²) in [5.41, 5.74) is 0.898. The van der Waals surface area contributed by atoms with E-state index in [1.807, 2.05) is 24.3 Å². The van der Waals surface area contributed by atoms with Gasteiger partial charge in [-0.05, 0) is 18.2 Å². The number of ether oxygens (including phenoxy) is 2. The zero-order valence-corrected chi connectivity index (χ0v) is 11.0. The van der Waals surface area contributed by atoms with Crippen LogP contribution in [0.5, 0.6) is 11.5 Å². The molecule has 0 aromatic heterocycles. The van der Waals surface area contributed by atoms with Gasteiger partial charge in [-0.25, -0.2) is 8.78 Å². The molecule has 0 saturated heterocycles. The van der Waals surface area contributed by atoms with Crippen LogP contribution in [-0.2, 0) is 0 Å². The van der Waals surface area contributed by atoms with Gasteiger partial charge in [0, 0.05) is 11.1 Å². The summed E-state index contributed by atoms with van der Waals surface area (Å²) in [7, 11) is 0. The van der Waals surface area contributed by atoms with Crippen LogP contribution in [0.2, 0.25) is 0 Å².